The number of nitrogens with zero attached hydrogens (tertiary/aromatic N) is 1. The molecule has 0 bridgehead atoms. The number of rotatable bonds is 3. The second kappa shape index (κ2) is 6.27. The summed E-state index contributed by atoms with van der Waals surface area (Å²) in [4.78, 5) is 0. The molecule has 0 radical (unpaired) electrons. The quantitative estimate of drug-likeness (QED) is 0.479. The molecule has 0 atom stereocenters. The number of halogens is 1. The van der Waals surface area contributed by atoms with Crippen molar-refractivity contribution in [2.24, 2.45) is 7.05 Å². The van der Waals surface area contributed by atoms with Gasteiger partial charge in [-0.05, 0) is 0 Å². The minimum atomic E-state index is -0.184. The summed E-state index contributed by atoms with van der Waals surface area (Å²) in [6, 6.07) is 25.9. The van der Waals surface area contributed by atoms with Crippen molar-refractivity contribution < 1.29 is 4.39 Å². The van der Waals surface area contributed by atoms with E-state index in [4.69, 9.17) is 0 Å². The zero-order valence-corrected chi connectivity index (χ0v) is 15.0. The zero-order chi connectivity index (χ0) is 16.5. The Labute approximate surface area is 146 Å². The molecule has 3 aromatic carbocycles. The molecule has 3 heteroatoms. The van der Waals surface area contributed by atoms with Gasteiger partial charge in [0.15, 0.2) is 0 Å². The van der Waals surface area contributed by atoms with Crippen LogP contribution in [0.25, 0.3) is 22.2 Å². The first-order valence-electron chi connectivity index (χ1n) is 7.80. The molecule has 0 amide bonds. The Morgan fingerprint density at radius 1 is 0.792 bits per heavy atom. The van der Waals surface area contributed by atoms with Gasteiger partial charge in [-0.15, -0.1) is 0 Å². The third-order valence-corrected chi connectivity index (χ3v) is 6.50. The summed E-state index contributed by atoms with van der Waals surface area (Å²) >= 11 is 0.111. The van der Waals surface area contributed by atoms with Crippen LogP contribution in [0.4, 0.5) is 4.39 Å². The van der Waals surface area contributed by atoms with E-state index in [0.29, 0.717) is 0 Å². The van der Waals surface area contributed by atoms with E-state index in [0.717, 1.165) is 0 Å². The summed E-state index contributed by atoms with van der Waals surface area (Å²) in [6.07, 6.45) is 0. The van der Waals surface area contributed by atoms with Crippen LogP contribution in [0.5, 0.6) is 0 Å². The topological polar surface area (TPSA) is 4.93 Å². The van der Waals surface area contributed by atoms with E-state index in [9.17, 15) is 4.39 Å². The predicted octanol–water partition coefficient (Wildman–Crippen LogP) is 3.64. The number of hydrogen-bond acceptors (Lipinski definition) is 0. The van der Waals surface area contributed by atoms with Crippen LogP contribution in [0.1, 0.15) is 0 Å². The SMILES string of the molecule is Cn1c(-c2ccccc2)c([Se]c2ccc(F)cc2)c2ccccc21. The summed E-state index contributed by atoms with van der Waals surface area (Å²) in [5.74, 6) is -0.184. The molecule has 0 saturated heterocycles. The number of para-hydroxylation sites is 1. The molecule has 0 N–H and O–H groups in total. The van der Waals surface area contributed by atoms with Crippen molar-refractivity contribution in [1.82, 2.24) is 4.57 Å². The first-order valence-corrected chi connectivity index (χ1v) is 9.51. The molecule has 4 aromatic rings. The van der Waals surface area contributed by atoms with Crippen molar-refractivity contribution in [3.8, 4) is 11.3 Å². The van der Waals surface area contributed by atoms with Crippen molar-refractivity contribution in [2.75, 3.05) is 0 Å². The third-order valence-electron chi connectivity index (χ3n) is 4.14. The number of aromatic nitrogens is 1. The molecular formula is C21H16FNSe. The summed E-state index contributed by atoms with van der Waals surface area (Å²) in [5.41, 5.74) is 3.70. The standard InChI is InChI=1S/C21H16FNSe/c1-23-19-10-6-5-9-18(19)21(20(23)15-7-3-2-4-8-15)24-17-13-11-16(22)12-14-17/h2-14H,1H3. The molecule has 4 rings (SSSR count). The fourth-order valence-corrected chi connectivity index (χ4v) is 5.40. The molecular weight excluding hydrogens is 364 g/mol. The molecule has 0 aliphatic heterocycles. The minimum absolute atomic E-state index is 0.111. The van der Waals surface area contributed by atoms with Crippen molar-refractivity contribution in [2.45, 2.75) is 0 Å². The number of benzene rings is 3. The van der Waals surface area contributed by atoms with E-state index in [-0.39, 0.29) is 20.8 Å². The molecule has 1 nitrogen and oxygen atoms in total. The molecule has 0 aliphatic carbocycles. The van der Waals surface area contributed by atoms with Crippen LogP contribution in [0.3, 0.4) is 0 Å². The third kappa shape index (κ3) is 2.66. The van der Waals surface area contributed by atoms with Crippen molar-refractivity contribution in [3.05, 3.63) is 84.7 Å². The summed E-state index contributed by atoms with van der Waals surface area (Å²) in [6.45, 7) is 0. The van der Waals surface area contributed by atoms with Crippen LogP contribution in [-0.2, 0) is 7.05 Å². The maximum absolute atomic E-state index is 13.2. The Balaban J connectivity index is 1.93. The van der Waals surface area contributed by atoms with Crippen LogP contribution in [-0.4, -0.2) is 19.5 Å². The van der Waals surface area contributed by atoms with Crippen molar-refractivity contribution in [3.63, 3.8) is 0 Å². The Kier molecular flexibility index (Phi) is 3.97. The Hall–Kier alpha value is -2.35. The van der Waals surface area contributed by atoms with E-state index in [2.05, 4.69) is 60.1 Å². The predicted molar refractivity (Wildman–Crippen MR) is 99.8 cm³/mol. The summed E-state index contributed by atoms with van der Waals surface area (Å²) < 4.78 is 18.0. The average molecular weight is 380 g/mol. The van der Waals surface area contributed by atoms with Gasteiger partial charge in [0.2, 0.25) is 0 Å². The van der Waals surface area contributed by atoms with Crippen LogP contribution in [0.15, 0.2) is 78.9 Å². The van der Waals surface area contributed by atoms with Crippen LogP contribution < -0.4 is 8.92 Å². The second-order valence-electron chi connectivity index (χ2n) is 5.68. The molecule has 0 aliphatic rings. The van der Waals surface area contributed by atoms with E-state index in [1.165, 1.54) is 31.1 Å². The molecule has 1 heterocycles. The van der Waals surface area contributed by atoms with Crippen LogP contribution in [0, 0.1) is 5.82 Å². The van der Waals surface area contributed by atoms with Gasteiger partial charge in [0.05, 0.1) is 0 Å². The maximum atomic E-state index is 13.2. The number of hydrogen-bond donors (Lipinski definition) is 0. The van der Waals surface area contributed by atoms with Gasteiger partial charge in [-0.25, -0.2) is 0 Å². The van der Waals surface area contributed by atoms with Crippen LogP contribution >= 0.6 is 0 Å². The Morgan fingerprint density at radius 2 is 1.46 bits per heavy atom. The molecule has 118 valence electrons. The van der Waals surface area contributed by atoms with Crippen molar-refractivity contribution >= 4 is 34.8 Å². The summed E-state index contributed by atoms with van der Waals surface area (Å²) in [5, 5.41) is 1.28. The first-order chi connectivity index (χ1) is 11.7. The van der Waals surface area contributed by atoms with Gasteiger partial charge >= 0.3 is 147 Å². The molecule has 0 spiro atoms. The first kappa shape index (κ1) is 15.2. The zero-order valence-electron chi connectivity index (χ0n) is 13.2. The number of aryl methyl sites for hydroxylation is 1. The molecule has 0 fully saturated rings. The van der Waals surface area contributed by atoms with Gasteiger partial charge in [-0.1, -0.05) is 0 Å². The average Bonchev–Trinajstić information content (AvgIpc) is 2.90. The molecule has 24 heavy (non-hydrogen) atoms. The van der Waals surface area contributed by atoms with Crippen molar-refractivity contribution in [1.29, 1.82) is 0 Å². The fraction of sp³-hybridized carbons (Fsp3) is 0.0476. The molecule has 1 aromatic heterocycles. The van der Waals surface area contributed by atoms with Gasteiger partial charge in [0.1, 0.15) is 0 Å². The van der Waals surface area contributed by atoms with E-state index < -0.39 is 0 Å². The van der Waals surface area contributed by atoms with Gasteiger partial charge in [-0.2, -0.15) is 0 Å². The fourth-order valence-electron chi connectivity index (χ4n) is 3.00. The Morgan fingerprint density at radius 3 is 2.21 bits per heavy atom. The molecule has 0 unspecified atom stereocenters. The van der Waals surface area contributed by atoms with Gasteiger partial charge in [0, 0.05) is 0 Å². The summed E-state index contributed by atoms with van der Waals surface area (Å²) in [7, 11) is 2.12. The monoisotopic (exact) mass is 381 g/mol. The van der Waals surface area contributed by atoms with E-state index in [1.54, 1.807) is 12.1 Å². The van der Waals surface area contributed by atoms with Crippen LogP contribution in [0.2, 0.25) is 0 Å². The van der Waals surface area contributed by atoms with Gasteiger partial charge in [-0.3, -0.25) is 0 Å². The normalized spacial score (nSPS) is 11.1. The van der Waals surface area contributed by atoms with E-state index >= 15 is 0 Å². The second-order valence-corrected chi connectivity index (χ2v) is 7.95. The number of fused-ring (bicyclic) bond motifs is 1. The van der Waals surface area contributed by atoms with Gasteiger partial charge in [0.25, 0.3) is 0 Å². The molecule has 0 saturated carbocycles. The van der Waals surface area contributed by atoms with E-state index in [1.807, 2.05) is 18.2 Å². The van der Waals surface area contributed by atoms with Gasteiger partial charge < -0.3 is 0 Å². The Bertz CT molecular complexity index is 988.